The van der Waals surface area contributed by atoms with Crippen LogP contribution >= 0.6 is 0 Å². The van der Waals surface area contributed by atoms with Gasteiger partial charge in [-0.3, -0.25) is 4.31 Å². The van der Waals surface area contributed by atoms with E-state index in [1.54, 1.807) is 31.2 Å². The van der Waals surface area contributed by atoms with Crippen molar-refractivity contribution in [1.29, 1.82) is 0 Å². The highest BCUT2D eigenvalue weighted by Gasteiger charge is 2.28. The molecule has 2 N–H and O–H groups in total. The quantitative estimate of drug-likeness (QED) is 0.609. The molecule has 0 bridgehead atoms. The van der Waals surface area contributed by atoms with Crippen molar-refractivity contribution in [3.05, 3.63) is 70.1 Å². The van der Waals surface area contributed by atoms with Crippen LogP contribution in [0.4, 0.5) is 16.2 Å². The van der Waals surface area contributed by atoms with Crippen LogP contribution in [0.5, 0.6) is 0 Å². The minimum absolute atomic E-state index is 0.0331. The van der Waals surface area contributed by atoms with E-state index in [0.717, 1.165) is 16.5 Å². The number of sulfonamides is 1. The third-order valence-electron chi connectivity index (χ3n) is 5.04. The standard InChI is InChI=1S/C21H21N3O5S/c1-14-12-20(25)29-19-13-16(6-7-17(14)19)23-21(26)22-9-11-30(27,28)24-10-8-15-4-2-3-5-18(15)24/h2-7,12-13H,8-11H2,1H3,(H2,22,23,26). The minimum atomic E-state index is -3.54. The molecule has 4 rings (SSSR count). The first-order chi connectivity index (χ1) is 14.3. The number of hydrogen-bond donors (Lipinski definition) is 2. The van der Waals surface area contributed by atoms with Gasteiger partial charge in [0.25, 0.3) is 0 Å². The number of fused-ring (bicyclic) bond motifs is 2. The number of aryl methyl sites for hydroxylation is 1. The molecule has 0 unspecified atom stereocenters. The molecule has 1 aliphatic rings. The van der Waals surface area contributed by atoms with Gasteiger partial charge in [-0.05, 0) is 42.7 Å². The van der Waals surface area contributed by atoms with E-state index in [1.165, 1.54) is 10.4 Å². The maximum absolute atomic E-state index is 12.7. The fourth-order valence-electron chi connectivity index (χ4n) is 3.58. The van der Waals surface area contributed by atoms with E-state index in [4.69, 9.17) is 4.42 Å². The van der Waals surface area contributed by atoms with E-state index in [9.17, 15) is 18.0 Å². The highest BCUT2D eigenvalue weighted by atomic mass is 32.2. The number of anilines is 2. The number of carbonyl (C=O) groups is 1. The van der Waals surface area contributed by atoms with E-state index in [1.807, 2.05) is 18.2 Å². The van der Waals surface area contributed by atoms with Crippen molar-refractivity contribution in [2.45, 2.75) is 13.3 Å². The molecule has 0 spiro atoms. The SMILES string of the molecule is Cc1cc(=O)oc2cc(NC(=O)NCCS(=O)(=O)N3CCc4ccccc43)ccc12. The summed E-state index contributed by atoms with van der Waals surface area (Å²) >= 11 is 0. The van der Waals surface area contributed by atoms with E-state index in [-0.39, 0.29) is 12.3 Å². The lowest BCUT2D eigenvalue weighted by Crippen LogP contribution is -2.38. The maximum Gasteiger partial charge on any atom is 0.336 e. The van der Waals surface area contributed by atoms with Gasteiger partial charge in [-0.2, -0.15) is 0 Å². The van der Waals surface area contributed by atoms with E-state index in [0.29, 0.717) is 29.9 Å². The fraction of sp³-hybridized carbons (Fsp3) is 0.238. The molecule has 1 aliphatic heterocycles. The number of rotatable bonds is 5. The molecule has 1 aromatic heterocycles. The van der Waals surface area contributed by atoms with E-state index < -0.39 is 21.7 Å². The van der Waals surface area contributed by atoms with Crippen LogP contribution in [0.2, 0.25) is 0 Å². The van der Waals surface area contributed by atoms with Crippen LogP contribution in [0.25, 0.3) is 11.0 Å². The Morgan fingerprint density at radius 2 is 1.97 bits per heavy atom. The van der Waals surface area contributed by atoms with Gasteiger partial charge in [0, 0.05) is 36.3 Å². The summed E-state index contributed by atoms with van der Waals surface area (Å²) < 4.78 is 31.9. The Labute approximate surface area is 173 Å². The Morgan fingerprint density at radius 3 is 2.80 bits per heavy atom. The average molecular weight is 427 g/mol. The van der Waals surface area contributed by atoms with Gasteiger partial charge in [-0.1, -0.05) is 18.2 Å². The monoisotopic (exact) mass is 427 g/mol. The van der Waals surface area contributed by atoms with E-state index in [2.05, 4.69) is 10.6 Å². The Balaban J connectivity index is 1.36. The molecule has 0 atom stereocenters. The lowest BCUT2D eigenvalue weighted by atomic mass is 10.1. The summed E-state index contributed by atoms with van der Waals surface area (Å²) in [6, 6.07) is 13.3. The van der Waals surface area contributed by atoms with Crippen LogP contribution in [0, 0.1) is 6.92 Å². The van der Waals surface area contributed by atoms with Gasteiger partial charge in [0.05, 0.1) is 11.4 Å². The van der Waals surface area contributed by atoms with Crippen LogP contribution in [0.15, 0.2) is 57.7 Å². The summed E-state index contributed by atoms with van der Waals surface area (Å²) in [6.07, 6.45) is 0.681. The minimum Gasteiger partial charge on any atom is -0.423 e. The second kappa shape index (κ2) is 7.83. The second-order valence-corrected chi connectivity index (χ2v) is 9.12. The first-order valence-corrected chi connectivity index (χ1v) is 11.1. The molecule has 0 saturated heterocycles. The molecule has 3 aromatic rings. The van der Waals surface area contributed by atoms with Crippen LogP contribution in [-0.4, -0.2) is 33.3 Å². The summed E-state index contributed by atoms with van der Waals surface area (Å²) in [7, 11) is -3.54. The first-order valence-electron chi connectivity index (χ1n) is 9.51. The molecule has 0 aliphatic carbocycles. The first kappa shape index (κ1) is 20.0. The van der Waals surface area contributed by atoms with Crippen molar-refractivity contribution in [2.24, 2.45) is 0 Å². The van der Waals surface area contributed by atoms with Gasteiger partial charge in [0.1, 0.15) is 5.58 Å². The molecular formula is C21H21N3O5S. The predicted molar refractivity (Wildman–Crippen MR) is 116 cm³/mol. The van der Waals surface area contributed by atoms with E-state index >= 15 is 0 Å². The Kier molecular flexibility index (Phi) is 5.21. The van der Waals surface area contributed by atoms with Crippen LogP contribution < -0.4 is 20.6 Å². The summed E-state index contributed by atoms with van der Waals surface area (Å²) in [6.45, 7) is 2.18. The summed E-state index contributed by atoms with van der Waals surface area (Å²) in [5, 5.41) is 5.96. The number of para-hydroxylation sites is 1. The molecule has 156 valence electrons. The molecule has 8 nitrogen and oxygen atoms in total. The molecule has 0 saturated carbocycles. The van der Waals surface area contributed by atoms with Crippen LogP contribution in [0.1, 0.15) is 11.1 Å². The number of amides is 2. The zero-order valence-corrected chi connectivity index (χ0v) is 17.2. The zero-order chi connectivity index (χ0) is 21.3. The lowest BCUT2D eigenvalue weighted by Gasteiger charge is -2.19. The molecule has 0 fully saturated rings. The molecule has 2 aromatic carbocycles. The largest absolute Gasteiger partial charge is 0.423 e. The Hall–Kier alpha value is -3.33. The Morgan fingerprint density at radius 1 is 1.17 bits per heavy atom. The molecule has 2 heterocycles. The van der Waals surface area contributed by atoms with Crippen LogP contribution in [0.3, 0.4) is 0 Å². The zero-order valence-electron chi connectivity index (χ0n) is 16.3. The van der Waals surface area contributed by atoms with Gasteiger partial charge in [0.15, 0.2) is 0 Å². The van der Waals surface area contributed by atoms with Crippen LogP contribution in [-0.2, 0) is 16.4 Å². The molecular weight excluding hydrogens is 406 g/mol. The smallest absolute Gasteiger partial charge is 0.336 e. The highest BCUT2D eigenvalue weighted by molar-refractivity contribution is 7.92. The van der Waals surface area contributed by atoms with Crippen molar-refractivity contribution in [3.63, 3.8) is 0 Å². The van der Waals surface area contributed by atoms with Crippen molar-refractivity contribution < 1.29 is 17.6 Å². The van der Waals surface area contributed by atoms with Crippen molar-refractivity contribution in [3.8, 4) is 0 Å². The van der Waals surface area contributed by atoms with Crippen molar-refractivity contribution in [2.75, 3.05) is 28.5 Å². The third kappa shape index (κ3) is 4.02. The molecule has 2 amide bonds. The molecule has 30 heavy (non-hydrogen) atoms. The number of nitrogens with one attached hydrogen (secondary N) is 2. The van der Waals surface area contributed by atoms with Gasteiger partial charge >= 0.3 is 11.7 Å². The summed E-state index contributed by atoms with van der Waals surface area (Å²) in [5.41, 5.74) is 2.83. The fourth-order valence-corrected chi connectivity index (χ4v) is 5.01. The van der Waals surface area contributed by atoms with Crippen molar-refractivity contribution in [1.82, 2.24) is 5.32 Å². The average Bonchev–Trinajstić information content (AvgIpc) is 3.12. The number of hydrogen-bond acceptors (Lipinski definition) is 5. The normalized spacial score (nSPS) is 13.3. The molecule has 0 radical (unpaired) electrons. The number of urea groups is 1. The Bertz CT molecular complexity index is 1280. The van der Waals surface area contributed by atoms with Gasteiger partial charge in [-0.25, -0.2) is 18.0 Å². The lowest BCUT2D eigenvalue weighted by molar-refractivity contribution is 0.252. The maximum atomic E-state index is 12.7. The summed E-state index contributed by atoms with van der Waals surface area (Å²) in [5.74, 6) is -0.208. The van der Waals surface area contributed by atoms with Gasteiger partial charge < -0.3 is 15.1 Å². The van der Waals surface area contributed by atoms with Gasteiger partial charge in [-0.15, -0.1) is 0 Å². The number of benzene rings is 2. The summed E-state index contributed by atoms with van der Waals surface area (Å²) in [4.78, 5) is 23.7. The topological polar surface area (TPSA) is 109 Å². The number of nitrogens with zero attached hydrogens (tertiary/aromatic N) is 1. The van der Waals surface area contributed by atoms with Gasteiger partial charge in [0.2, 0.25) is 10.0 Å². The molecule has 9 heteroatoms. The highest BCUT2D eigenvalue weighted by Crippen LogP contribution is 2.29. The van der Waals surface area contributed by atoms with Crippen molar-refractivity contribution >= 4 is 38.4 Å². The predicted octanol–water partition coefficient (Wildman–Crippen LogP) is 2.62. The second-order valence-electron chi connectivity index (χ2n) is 7.11. The number of carbonyl (C=O) groups excluding carboxylic acids is 1. The third-order valence-corrected chi connectivity index (χ3v) is 6.81.